The van der Waals surface area contributed by atoms with Crippen LogP contribution in [0.1, 0.15) is 38.5 Å². The van der Waals surface area contributed by atoms with Crippen molar-refractivity contribution in [3.05, 3.63) is 30.3 Å². The molecule has 0 spiro atoms. The van der Waals surface area contributed by atoms with Crippen molar-refractivity contribution in [3.8, 4) is 0 Å². The number of likely N-dealkylation sites (tertiary alicyclic amines) is 1. The van der Waals surface area contributed by atoms with Gasteiger partial charge in [0.1, 0.15) is 6.04 Å². The maximum Gasteiger partial charge on any atom is 0.322 e. The van der Waals surface area contributed by atoms with Crippen LogP contribution in [0.3, 0.4) is 0 Å². The van der Waals surface area contributed by atoms with Gasteiger partial charge in [-0.1, -0.05) is 31.0 Å². The Bertz CT molecular complexity index is 526. The molecular formula is C17H23N3O2. The van der Waals surface area contributed by atoms with Crippen molar-refractivity contribution in [1.29, 1.82) is 0 Å². The van der Waals surface area contributed by atoms with E-state index in [0.29, 0.717) is 12.6 Å². The van der Waals surface area contributed by atoms with Crippen LogP contribution in [-0.2, 0) is 4.79 Å². The molecule has 5 nitrogen and oxygen atoms in total. The maximum absolute atomic E-state index is 12.4. The van der Waals surface area contributed by atoms with E-state index in [1.165, 1.54) is 12.8 Å². The van der Waals surface area contributed by atoms with Gasteiger partial charge in [0.15, 0.2) is 0 Å². The molecule has 3 amide bonds. The normalized spacial score (nSPS) is 21.8. The van der Waals surface area contributed by atoms with Gasteiger partial charge < -0.3 is 15.5 Å². The fraction of sp³-hybridized carbons (Fsp3) is 0.529. The summed E-state index contributed by atoms with van der Waals surface area (Å²) in [6, 6.07) is 9.15. The largest absolute Gasteiger partial charge is 0.352 e. The number of anilines is 1. The highest BCUT2D eigenvalue weighted by Gasteiger charge is 2.35. The highest BCUT2D eigenvalue weighted by Crippen LogP contribution is 2.22. The Hall–Kier alpha value is -2.04. The standard InChI is InChI=1S/C17H23N3O2/c21-16(18-13-9-4-5-10-13)15-11-6-12-20(15)17(22)19-14-7-2-1-3-8-14/h1-3,7-8,13,15H,4-6,9-12H2,(H,18,21)(H,19,22)/t15-/m1/s1. The van der Waals surface area contributed by atoms with E-state index >= 15 is 0 Å². The molecule has 0 aromatic heterocycles. The first-order chi connectivity index (χ1) is 10.7. The molecule has 1 saturated heterocycles. The van der Waals surface area contributed by atoms with Gasteiger partial charge in [-0.05, 0) is 37.8 Å². The van der Waals surface area contributed by atoms with Gasteiger partial charge in [-0.3, -0.25) is 4.79 Å². The zero-order valence-electron chi connectivity index (χ0n) is 12.8. The van der Waals surface area contributed by atoms with Crippen LogP contribution in [0.5, 0.6) is 0 Å². The Morgan fingerprint density at radius 1 is 1.00 bits per heavy atom. The predicted molar refractivity (Wildman–Crippen MR) is 85.6 cm³/mol. The van der Waals surface area contributed by atoms with Gasteiger partial charge in [0.2, 0.25) is 5.91 Å². The van der Waals surface area contributed by atoms with E-state index in [1.54, 1.807) is 4.90 Å². The quantitative estimate of drug-likeness (QED) is 0.902. The number of amides is 3. The topological polar surface area (TPSA) is 61.4 Å². The SMILES string of the molecule is O=C(NC1CCCC1)[C@H]1CCCN1C(=O)Nc1ccccc1. The Labute approximate surface area is 131 Å². The number of nitrogens with zero attached hydrogens (tertiary/aromatic N) is 1. The zero-order chi connectivity index (χ0) is 15.4. The number of carbonyl (C=O) groups excluding carboxylic acids is 2. The summed E-state index contributed by atoms with van der Waals surface area (Å²) in [7, 11) is 0. The Morgan fingerprint density at radius 2 is 1.73 bits per heavy atom. The van der Waals surface area contributed by atoms with Crippen molar-refractivity contribution < 1.29 is 9.59 Å². The van der Waals surface area contributed by atoms with Crippen molar-refractivity contribution in [2.24, 2.45) is 0 Å². The summed E-state index contributed by atoms with van der Waals surface area (Å²) in [5, 5.41) is 5.98. The molecule has 0 radical (unpaired) electrons. The maximum atomic E-state index is 12.4. The number of hydrogen-bond donors (Lipinski definition) is 2. The Balaban J connectivity index is 1.59. The summed E-state index contributed by atoms with van der Waals surface area (Å²) in [6.45, 7) is 0.640. The summed E-state index contributed by atoms with van der Waals surface area (Å²) >= 11 is 0. The van der Waals surface area contributed by atoms with Crippen LogP contribution in [-0.4, -0.2) is 35.5 Å². The molecule has 1 saturated carbocycles. The first kappa shape index (κ1) is 14.9. The van der Waals surface area contributed by atoms with Gasteiger partial charge >= 0.3 is 6.03 Å². The lowest BCUT2D eigenvalue weighted by atomic mass is 10.1. The molecule has 1 heterocycles. The minimum absolute atomic E-state index is 0.00705. The average molecular weight is 301 g/mol. The molecule has 1 aromatic rings. The van der Waals surface area contributed by atoms with E-state index in [9.17, 15) is 9.59 Å². The minimum Gasteiger partial charge on any atom is -0.352 e. The molecule has 2 N–H and O–H groups in total. The van der Waals surface area contributed by atoms with Gasteiger partial charge in [0, 0.05) is 18.3 Å². The molecule has 1 atom stereocenters. The molecule has 1 aliphatic carbocycles. The van der Waals surface area contributed by atoms with E-state index in [4.69, 9.17) is 0 Å². The number of para-hydroxylation sites is 1. The van der Waals surface area contributed by atoms with Gasteiger partial charge in [-0.2, -0.15) is 0 Å². The number of nitrogens with one attached hydrogen (secondary N) is 2. The molecule has 2 fully saturated rings. The van der Waals surface area contributed by atoms with Crippen LogP contribution in [0.15, 0.2) is 30.3 Å². The van der Waals surface area contributed by atoms with Crippen LogP contribution in [0.4, 0.5) is 10.5 Å². The smallest absolute Gasteiger partial charge is 0.322 e. The van der Waals surface area contributed by atoms with E-state index in [0.717, 1.165) is 31.4 Å². The predicted octanol–water partition coefficient (Wildman–Crippen LogP) is 2.74. The molecule has 2 aliphatic rings. The van der Waals surface area contributed by atoms with Crippen molar-refractivity contribution >= 4 is 17.6 Å². The van der Waals surface area contributed by atoms with E-state index in [-0.39, 0.29) is 18.0 Å². The number of benzene rings is 1. The van der Waals surface area contributed by atoms with E-state index < -0.39 is 0 Å². The lowest BCUT2D eigenvalue weighted by molar-refractivity contribution is -0.125. The summed E-state index contributed by atoms with van der Waals surface area (Å²) in [6.07, 6.45) is 6.14. The van der Waals surface area contributed by atoms with Crippen LogP contribution >= 0.6 is 0 Å². The van der Waals surface area contributed by atoms with Crippen LogP contribution in [0, 0.1) is 0 Å². The summed E-state index contributed by atoms with van der Waals surface area (Å²) in [4.78, 5) is 26.5. The second-order valence-corrected chi connectivity index (χ2v) is 6.14. The summed E-state index contributed by atoms with van der Waals surface area (Å²) < 4.78 is 0. The van der Waals surface area contributed by atoms with Crippen molar-refractivity contribution in [2.45, 2.75) is 50.6 Å². The van der Waals surface area contributed by atoms with Crippen molar-refractivity contribution in [1.82, 2.24) is 10.2 Å². The second kappa shape index (κ2) is 6.81. The molecule has 1 aromatic carbocycles. The van der Waals surface area contributed by atoms with E-state index in [2.05, 4.69) is 10.6 Å². The van der Waals surface area contributed by atoms with Gasteiger partial charge in [-0.25, -0.2) is 4.79 Å². The summed E-state index contributed by atoms with van der Waals surface area (Å²) in [5.74, 6) is 0.00705. The number of urea groups is 1. The number of hydrogen-bond acceptors (Lipinski definition) is 2. The van der Waals surface area contributed by atoms with E-state index in [1.807, 2.05) is 30.3 Å². The minimum atomic E-state index is -0.329. The molecule has 3 rings (SSSR count). The zero-order valence-corrected chi connectivity index (χ0v) is 12.8. The third kappa shape index (κ3) is 3.40. The first-order valence-electron chi connectivity index (χ1n) is 8.17. The molecule has 22 heavy (non-hydrogen) atoms. The lowest BCUT2D eigenvalue weighted by Gasteiger charge is -2.25. The fourth-order valence-electron chi connectivity index (χ4n) is 3.37. The van der Waals surface area contributed by atoms with Crippen molar-refractivity contribution in [3.63, 3.8) is 0 Å². The third-order valence-corrected chi connectivity index (χ3v) is 4.54. The molecule has 118 valence electrons. The van der Waals surface area contributed by atoms with Gasteiger partial charge in [0.25, 0.3) is 0 Å². The highest BCUT2D eigenvalue weighted by molar-refractivity contribution is 5.94. The molecule has 5 heteroatoms. The van der Waals surface area contributed by atoms with Crippen LogP contribution in [0.2, 0.25) is 0 Å². The van der Waals surface area contributed by atoms with Gasteiger partial charge in [0.05, 0.1) is 0 Å². The van der Waals surface area contributed by atoms with Crippen LogP contribution in [0.25, 0.3) is 0 Å². The molecule has 0 bridgehead atoms. The molecular weight excluding hydrogens is 278 g/mol. The Morgan fingerprint density at radius 3 is 2.45 bits per heavy atom. The Kier molecular flexibility index (Phi) is 4.61. The summed E-state index contributed by atoms with van der Waals surface area (Å²) in [5.41, 5.74) is 0.759. The second-order valence-electron chi connectivity index (χ2n) is 6.14. The first-order valence-corrected chi connectivity index (χ1v) is 8.17. The number of carbonyl (C=O) groups is 2. The third-order valence-electron chi connectivity index (χ3n) is 4.54. The average Bonchev–Trinajstić information content (AvgIpc) is 3.19. The molecule has 1 aliphatic heterocycles. The molecule has 0 unspecified atom stereocenters. The van der Waals surface area contributed by atoms with Crippen molar-refractivity contribution in [2.75, 3.05) is 11.9 Å². The number of rotatable bonds is 3. The fourth-order valence-corrected chi connectivity index (χ4v) is 3.37. The lowest BCUT2D eigenvalue weighted by Crippen LogP contribution is -2.49. The van der Waals surface area contributed by atoms with Crippen LogP contribution < -0.4 is 10.6 Å². The highest BCUT2D eigenvalue weighted by atomic mass is 16.2. The van der Waals surface area contributed by atoms with Gasteiger partial charge in [-0.15, -0.1) is 0 Å². The monoisotopic (exact) mass is 301 g/mol.